The van der Waals surface area contributed by atoms with Gasteiger partial charge in [-0.3, -0.25) is 9.59 Å². The first-order chi connectivity index (χ1) is 14.1. The number of cyclic esters (lactones) is 1. The number of esters is 1. The topological polar surface area (TPSA) is 171 Å². The van der Waals surface area contributed by atoms with Crippen molar-refractivity contribution in [3.63, 3.8) is 0 Å². The van der Waals surface area contributed by atoms with Crippen molar-refractivity contribution in [2.24, 2.45) is 17.1 Å². The number of nitrogens with two attached hydrogens (primary N) is 1. The minimum atomic E-state index is -1.72. The second kappa shape index (κ2) is 8.74. The normalized spacial score (nSPS) is 34.5. The molecule has 0 aromatic rings. The molecule has 10 nitrogen and oxygen atoms in total. The summed E-state index contributed by atoms with van der Waals surface area (Å²) in [6.07, 6.45) is -3.05. The molecular weight excluding hydrogens is 453 g/mol. The number of nitrogens with one attached hydrogen (secondary N) is 2. The molecule has 1 aliphatic heterocycles. The van der Waals surface area contributed by atoms with Crippen molar-refractivity contribution < 1.29 is 34.4 Å². The molecule has 0 unspecified atom stereocenters. The van der Waals surface area contributed by atoms with E-state index >= 15 is 0 Å². The van der Waals surface area contributed by atoms with Gasteiger partial charge in [0.1, 0.15) is 16.6 Å². The second-order valence-electron chi connectivity index (χ2n) is 8.82. The van der Waals surface area contributed by atoms with Gasteiger partial charge in [-0.15, -0.1) is 23.2 Å². The van der Waals surface area contributed by atoms with Gasteiger partial charge < -0.3 is 36.4 Å². The fraction of sp³-hybridized carbons (Fsp3) is 0.737. The zero-order chi connectivity index (χ0) is 24.0. The fourth-order valence-corrected chi connectivity index (χ4v) is 4.17. The van der Waals surface area contributed by atoms with Crippen LogP contribution in [-0.2, 0) is 19.1 Å². The van der Waals surface area contributed by atoms with Gasteiger partial charge in [-0.2, -0.15) is 0 Å². The van der Waals surface area contributed by atoms with Gasteiger partial charge in [-0.25, -0.2) is 4.79 Å². The molecule has 0 saturated carbocycles. The molecule has 1 fully saturated rings. The van der Waals surface area contributed by atoms with Gasteiger partial charge in [0.15, 0.2) is 5.60 Å². The monoisotopic (exact) mass is 481 g/mol. The lowest BCUT2D eigenvalue weighted by atomic mass is 9.63. The molecule has 0 spiro atoms. The van der Waals surface area contributed by atoms with Gasteiger partial charge in [0.2, 0.25) is 11.8 Å². The van der Waals surface area contributed by atoms with E-state index < -0.39 is 75.6 Å². The zero-order valence-electron chi connectivity index (χ0n) is 17.8. The molecule has 7 N–H and O–H groups in total. The van der Waals surface area contributed by atoms with E-state index in [0.717, 1.165) is 0 Å². The standard InChI is InChI=1S/C19H29Cl2N3O7/c1-6(22)14(28)23-7(2)15(29)24-11-8-9(16(30)31-19(11,5)17(20)21)12(26)18(3,4)13(27)10(8)25/h6-8,10-11,13,17,25-27H,22H2,1-5H3,(H,23,28)(H,24,29)/t6-,7-,8-,10+,11+,13-,19-/m0/s1. The molecule has 176 valence electrons. The lowest BCUT2D eigenvalue weighted by Gasteiger charge is -2.52. The highest BCUT2D eigenvalue weighted by Gasteiger charge is 2.62. The third-order valence-corrected chi connectivity index (χ3v) is 6.90. The number of hydrogen-bond acceptors (Lipinski definition) is 8. The average molecular weight is 482 g/mol. The Kier molecular flexibility index (Phi) is 7.24. The lowest BCUT2D eigenvalue weighted by molar-refractivity contribution is -0.179. The lowest BCUT2D eigenvalue weighted by Crippen LogP contribution is -2.70. The van der Waals surface area contributed by atoms with Crippen molar-refractivity contribution in [3.05, 3.63) is 11.3 Å². The van der Waals surface area contributed by atoms with E-state index in [-0.39, 0.29) is 5.57 Å². The Morgan fingerprint density at radius 2 is 1.71 bits per heavy atom. The van der Waals surface area contributed by atoms with Gasteiger partial charge >= 0.3 is 5.97 Å². The molecule has 2 amide bonds. The molecule has 0 aromatic carbocycles. The van der Waals surface area contributed by atoms with Crippen molar-refractivity contribution >= 4 is 41.0 Å². The summed E-state index contributed by atoms with van der Waals surface area (Å²) in [6.45, 7) is 7.12. The van der Waals surface area contributed by atoms with E-state index in [1.54, 1.807) is 0 Å². The number of aliphatic hydroxyl groups excluding tert-OH is 3. The highest BCUT2D eigenvalue weighted by Crippen LogP contribution is 2.49. The van der Waals surface area contributed by atoms with Crippen LogP contribution in [0.3, 0.4) is 0 Å². The van der Waals surface area contributed by atoms with E-state index in [2.05, 4.69) is 10.6 Å². The highest BCUT2D eigenvalue weighted by molar-refractivity contribution is 6.45. The first-order valence-electron chi connectivity index (χ1n) is 9.74. The summed E-state index contributed by atoms with van der Waals surface area (Å²) in [4.78, 5) is 36.0. The molecule has 1 aliphatic carbocycles. The first kappa shape index (κ1) is 25.7. The molecule has 1 heterocycles. The minimum absolute atomic E-state index is 0.285. The van der Waals surface area contributed by atoms with Crippen LogP contribution in [0, 0.1) is 11.3 Å². The Balaban J connectivity index is 2.51. The summed E-state index contributed by atoms with van der Waals surface area (Å²) < 4.78 is 5.43. The van der Waals surface area contributed by atoms with E-state index in [9.17, 15) is 29.7 Å². The van der Waals surface area contributed by atoms with Crippen LogP contribution in [0.4, 0.5) is 0 Å². The Labute approximate surface area is 190 Å². The van der Waals surface area contributed by atoms with E-state index in [1.807, 2.05) is 0 Å². The van der Waals surface area contributed by atoms with E-state index in [1.165, 1.54) is 34.6 Å². The van der Waals surface area contributed by atoms with Crippen LogP contribution in [0.15, 0.2) is 11.3 Å². The zero-order valence-corrected chi connectivity index (χ0v) is 19.4. The summed E-state index contributed by atoms with van der Waals surface area (Å²) in [6, 6.07) is -3.15. The number of amides is 2. The summed E-state index contributed by atoms with van der Waals surface area (Å²) in [5, 5.41) is 37.2. The fourth-order valence-electron chi connectivity index (χ4n) is 3.81. The number of aliphatic hydroxyl groups is 3. The van der Waals surface area contributed by atoms with Crippen LogP contribution in [-0.4, -0.2) is 73.9 Å². The molecular formula is C19H29Cl2N3O7. The van der Waals surface area contributed by atoms with Gasteiger partial charge in [-0.05, 0) is 20.8 Å². The van der Waals surface area contributed by atoms with Crippen LogP contribution in [0.5, 0.6) is 0 Å². The molecule has 2 rings (SSSR count). The van der Waals surface area contributed by atoms with Crippen LogP contribution in [0.25, 0.3) is 0 Å². The molecule has 31 heavy (non-hydrogen) atoms. The maximum absolute atomic E-state index is 12.8. The predicted octanol–water partition coefficient (Wildman–Crippen LogP) is -0.368. The van der Waals surface area contributed by atoms with Gasteiger partial charge in [0, 0.05) is 5.92 Å². The minimum Gasteiger partial charge on any atom is -0.511 e. The Morgan fingerprint density at radius 1 is 1.16 bits per heavy atom. The number of ether oxygens (including phenoxy) is 1. The molecule has 0 radical (unpaired) electrons. The number of alkyl halides is 2. The first-order valence-corrected chi connectivity index (χ1v) is 10.6. The summed E-state index contributed by atoms with van der Waals surface area (Å²) >= 11 is 12.2. The summed E-state index contributed by atoms with van der Waals surface area (Å²) in [5.41, 5.74) is 2.13. The van der Waals surface area contributed by atoms with Crippen molar-refractivity contribution in [1.29, 1.82) is 0 Å². The van der Waals surface area contributed by atoms with Crippen molar-refractivity contribution in [1.82, 2.24) is 10.6 Å². The summed E-state index contributed by atoms with van der Waals surface area (Å²) in [5.74, 6) is -4.00. The SMILES string of the molecule is C[C@H](N)C(=O)N[C@@H](C)C(=O)N[C@@H]1[C@H]2C(=C(O)C(C)(C)[C@@H](O)[C@@H]2O)C(=O)O[C@]1(C)C(Cl)Cl. The average Bonchev–Trinajstić information content (AvgIpc) is 2.66. The molecule has 0 aromatic heterocycles. The molecule has 0 bridgehead atoms. The quantitative estimate of drug-likeness (QED) is 0.228. The number of hydrogen-bond donors (Lipinski definition) is 6. The molecule has 1 saturated heterocycles. The largest absolute Gasteiger partial charge is 0.511 e. The number of carbonyl (C=O) groups excluding carboxylic acids is 3. The van der Waals surface area contributed by atoms with Gasteiger partial charge in [0.05, 0.1) is 35.3 Å². The Bertz CT molecular complexity index is 801. The van der Waals surface area contributed by atoms with Crippen LogP contribution in [0.2, 0.25) is 0 Å². The molecule has 2 aliphatic rings. The predicted molar refractivity (Wildman–Crippen MR) is 112 cm³/mol. The Morgan fingerprint density at radius 3 is 2.19 bits per heavy atom. The van der Waals surface area contributed by atoms with Crippen LogP contribution in [0.1, 0.15) is 34.6 Å². The number of fused-ring (bicyclic) bond motifs is 1. The second-order valence-corrected chi connectivity index (χ2v) is 9.92. The van der Waals surface area contributed by atoms with E-state index in [0.29, 0.717) is 0 Å². The number of rotatable bonds is 5. The summed E-state index contributed by atoms with van der Waals surface area (Å²) in [7, 11) is 0. The number of carbonyl (C=O) groups is 3. The van der Waals surface area contributed by atoms with Gasteiger partial charge in [-0.1, -0.05) is 13.8 Å². The van der Waals surface area contributed by atoms with Crippen molar-refractivity contribution in [2.45, 2.75) is 75.4 Å². The molecule has 12 heteroatoms. The maximum atomic E-state index is 12.8. The third-order valence-electron chi connectivity index (χ3n) is 6.04. The highest BCUT2D eigenvalue weighted by atomic mass is 35.5. The Hall–Kier alpha value is -1.59. The van der Waals surface area contributed by atoms with Crippen molar-refractivity contribution in [2.75, 3.05) is 0 Å². The van der Waals surface area contributed by atoms with Crippen molar-refractivity contribution in [3.8, 4) is 0 Å². The van der Waals surface area contributed by atoms with E-state index in [4.69, 9.17) is 33.7 Å². The van der Waals surface area contributed by atoms with Gasteiger partial charge in [0.25, 0.3) is 0 Å². The van der Waals surface area contributed by atoms with Crippen LogP contribution >= 0.6 is 23.2 Å². The number of halogens is 2. The van der Waals surface area contributed by atoms with Crippen LogP contribution < -0.4 is 16.4 Å². The maximum Gasteiger partial charge on any atom is 0.338 e. The third kappa shape index (κ3) is 4.36. The molecule has 7 atom stereocenters. The smallest absolute Gasteiger partial charge is 0.338 e.